The van der Waals surface area contributed by atoms with Gasteiger partial charge in [-0.15, -0.1) is 11.8 Å². The van der Waals surface area contributed by atoms with Gasteiger partial charge in [0, 0.05) is 24.4 Å². The Morgan fingerprint density at radius 3 is 2.63 bits per heavy atom. The van der Waals surface area contributed by atoms with Crippen LogP contribution in [0.4, 0.5) is 0 Å². The number of fused-ring (bicyclic) bond motifs is 1. The van der Waals surface area contributed by atoms with E-state index in [9.17, 15) is 4.79 Å². The highest BCUT2D eigenvalue weighted by Gasteiger charge is 2.18. The van der Waals surface area contributed by atoms with Crippen LogP contribution in [-0.2, 0) is 4.79 Å². The molecule has 0 atom stereocenters. The molecule has 2 aromatic carbocycles. The highest BCUT2D eigenvalue weighted by molar-refractivity contribution is 8.00. The van der Waals surface area contributed by atoms with Crippen LogP contribution < -0.4 is 9.47 Å². The van der Waals surface area contributed by atoms with Crippen LogP contribution in [0.5, 0.6) is 11.5 Å². The molecule has 1 amide bonds. The predicted molar refractivity (Wildman–Crippen MR) is 108 cm³/mol. The van der Waals surface area contributed by atoms with Crippen molar-refractivity contribution in [3.63, 3.8) is 0 Å². The lowest BCUT2D eigenvalue weighted by atomic mass is 10.00. The van der Waals surface area contributed by atoms with Gasteiger partial charge in [-0.3, -0.25) is 4.79 Å². The summed E-state index contributed by atoms with van der Waals surface area (Å²) in [5.74, 6) is 2.18. The summed E-state index contributed by atoms with van der Waals surface area (Å²) in [6, 6.07) is 16.3. The van der Waals surface area contributed by atoms with Gasteiger partial charge in [0.05, 0.1) is 19.0 Å². The van der Waals surface area contributed by atoms with Gasteiger partial charge in [0.15, 0.2) is 11.5 Å². The van der Waals surface area contributed by atoms with E-state index < -0.39 is 0 Å². The number of amides is 1. The van der Waals surface area contributed by atoms with Crippen LogP contribution in [0.15, 0.2) is 59.5 Å². The highest BCUT2D eigenvalue weighted by atomic mass is 32.2. The Bertz CT molecular complexity index is 835. The molecular weight excluding hydrogens is 358 g/mol. The molecule has 0 spiro atoms. The van der Waals surface area contributed by atoms with E-state index >= 15 is 0 Å². The van der Waals surface area contributed by atoms with Crippen molar-refractivity contribution >= 4 is 23.2 Å². The lowest BCUT2D eigenvalue weighted by molar-refractivity contribution is -0.127. The van der Waals surface area contributed by atoms with Gasteiger partial charge in [-0.05, 0) is 35.8 Å². The van der Waals surface area contributed by atoms with Crippen LogP contribution in [-0.4, -0.2) is 42.9 Å². The number of carbonyl (C=O) groups excluding carboxylic acids is 1. The zero-order valence-electron chi connectivity index (χ0n) is 15.2. The molecule has 27 heavy (non-hydrogen) atoms. The first-order valence-electron chi connectivity index (χ1n) is 9.34. The van der Waals surface area contributed by atoms with Gasteiger partial charge in [0.25, 0.3) is 0 Å². The van der Waals surface area contributed by atoms with Crippen molar-refractivity contribution in [3.8, 4) is 11.5 Å². The summed E-state index contributed by atoms with van der Waals surface area (Å²) in [7, 11) is 0. The first-order chi connectivity index (χ1) is 13.3. The smallest absolute Gasteiger partial charge is 0.233 e. The standard InChI is InChI=1S/C22H23NO3S/c24-22(23-11-9-18(10-12-23)17-5-2-1-3-6-17)16-27-19-7-8-20-21(15-19)26-14-4-13-25-20/h1-3,5-9,15H,4,10-14,16H2. The molecule has 5 heteroatoms. The monoisotopic (exact) mass is 381 g/mol. The molecular formula is C22H23NO3S. The molecule has 0 aromatic heterocycles. The Hall–Kier alpha value is -2.40. The molecule has 0 saturated heterocycles. The first-order valence-corrected chi connectivity index (χ1v) is 10.3. The third kappa shape index (κ3) is 4.48. The highest BCUT2D eigenvalue weighted by Crippen LogP contribution is 2.34. The fraction of sp³-hybridized carbons (Fsp3) is 0.318. The van der Waals surface area contributed by atoms with Crippen molar-refractivity contribution in [2.45, 2.75) is 17.7 Å². The Labute approximate surface area is 164 Å². The first kappa shape index (κ1) is 18.0. The lowest BCUT2D eigenvalue weighted by Crippen LogP contribution is -2.35. The number of nitrogens with zero attached hydrogens (tertiary/aromatic N) is 1. The molecule has 4 nitrogen and oxygen atoms in total. The second-order valence-corrected chi connectivity index (χ2v) is 7.68. The molecule has 4 rings (SSSR count). The van der Waals surface area contributed by atoms with Crippen molar-refractivity contribution < 1.29 is 14.3 Å². The minimum absolute atomic E-state index is 0.176. The topological polar surface area (TPSA) is 38.8 Å². The number of hydrogen-bond acceptors (Lipinski definition) is 4. The lowest BCUT2D eigenvalue weighted by Gasteiger charge is -2.26. The van der Waals surface area contributed by atoms with Crippen molar-refractivity contribution in [2.24, 2.45) is 0 Å². The SMILES string of the molecule is O=C(CSc1ccc2c(c1)OCCCO2)N1CC=C(c2ccccc2)CC1. The zero-order valence-corrected chi connectivity index (χ0v) is 16.0. The summed E-state index contributed by atoms with van der Waals surface area (Å²) < 4.78 is 11.4. The average Bonchev–Trinajstić information content (AvgIpc) is 2.98. The summed E-state index contributed by atoms with van der Waals surface area (Å²) in [5, 5.41) is 0. The van der Waals surface area contributed by atoms with E-state index in [1.54, 1.807) is 11.8 Å². The fourth-order valence-electron chi connectivity index (χ4n) is 3.28. The van der Waals surface area contributed by atoms with Crippen molar-refractivity contribution in [3.05, 3.63) is 60.2 Å². The van der Waals surface area contributed by atoms with E-state index in [0.29, 0.717) is 25.5 Å². The third-order valence-corrected chi connectivity index (χ3v) is 5.77. The van der Waals surface area contributed by atoms with E-state index in [4.69, 9.17) is 9.47 Å². The molecule has 2 aromatic rings. The minimum Gasteiger partial charge on any atom is -0.490 e. The molecule has 140 valence electrons. The summed E-state index contributed by atoms with van der Waals surface area (Å²) in [6.45, 7) is 2.82. The Balaban J connectivity index is 1.33. The van der Waals surface area contributed by atoms with Gasteiger partial charge in [-0.1, -0.05) is 36.4 Å². The molecule has 2 heterocycles. The third-order valence-electron chi connectivity index (χ3n) is 4.79. The quantitative estimate of drug-likeness (QED) is 0.742. The maximum Gasteiger partial charge on any atom is 0.233 e. The van der Waals surface area contributed by atoms with Gasteiger partial charge in [-0.2, -0.15) is 0 Å². The number of benzene rings is 2. The van der Waals surface area contributed by atoms with Crippen molar-refractivity contribution in [1.82, 2.24) is 4.90 Å². The van der Waals surface area contributed by atoms with Gasteiger partial charge >= 0.3 is 0 Å². The maximum atomic E-state index is 12.6. The number of rotatable bonds is 4. The molecule has 0 saturated carbocycles. The fourth-order valence-corrected chi connectivity index (χ4v) is 4.11. The summed E-state index contributed by atoms with van der Waals surface area (Å²) >= 11 is 1.55. The molecule has 0 unspecified atom stereocenters. The van der Waals surface area contributed by atoms with Crippen LogP contribution in [0.1, 0.15) is 18.4 Å². The molecule has 0 aliphatic carbocycles. The summed E-state index contributed by atoms with van der Waals surface area (Å²) in [4.78, 5) is 15.5. The average molecular weight is 381 g/mol. The Morgan fingerprint density at radius 2 is 1.85 bits per heavy atom. The van der Waals surface area contributed by atoms with Crippen molar-refractivity contribution in [1.29, 1.82) is 0 Å². The number of hydrogen-bond donors (Lipinski definition) is 0. The number of carbonyl (C=O) groups is 1. The normalized spacial score (nSPS) is 16.4. The molecule has 2 aliphatic heterocycles. The Kier molecular flexibility index (Phi) is 5.68. The maximum absolute atomic E-state index is 12.6. The van der Waals surface area contributed by atoms with E-state index in [2.05, 4.69) is 30.3 Å². The van der Waals surface area contributed by atoms with Crippen LogP contribution in [0, 0.1) is 0 Å². The van der Waals surface area contributed by atoms with Gasteiger partial charge < -0.3 is 14.4 Å². The van der Waals surface area contributed by atoms with Crippen molar-refractivity contribution in [2.75, 3.05) is 32.1 Å². The second-order valence-electron chi connectivity index (χ2n) is 6.63. The van der Waals surface area contributed by atoms with E-state index in [-0.39, 0.29) is 5.91 Å². The van der Waals surface area contributed by atoms with Crippen LogP contribution in [0.25, 0.3) is 5.57 Å². The van der Waals surface area contributed by atoms with Gasteiger partial charge in [0.2, 0.25) is 5.91 Å². The van der Waals surface area contributed by atoms with E-state index in [1.807, 2.05) is 29.2 Å². The summed E-state index contributed by atoms with van der Waals surface area (Å²) in [5.41, 5.74) is 2.58. The predicted octanol–water partition coefficient (Wildman–Crippen LogP) is 4.26. The van der Waals surface area contributed by atoms with E-state index in [0.717, 1.165) is 35.8 Å². The largest absolute Gasteiger partial charge is 0.490 e. The molecule has 2 aliphatic rings. The number of thioether (sulfide) groups is 1. The minimum atomic E-state index is 0.176. The van der Waals surface area contributed by atoms with Crippen LogP contribution in [0.3, 0.4) is 0 Å². The zero-order chi connectivity index (χ0) is 18.5. The Morgan fingerprint density at radius 1 is 1.04 bits per heavy atom. The van der Waals surface area contributed by atoms with Gasteiger partial charge in [0.1, 0.15) is 0 Å². The van der Waals surface area contributed by atoms with Crippen LogP contribution >= 0.6 is 11.8 Å². The molecule has 0 N–H and O–H groups in total. The molecule has 0 bridgehead atoms. The summed E-state index contributed by atoms with van der Waals surface area (Å²) in [6.07, 6.45) is 3.97. The van der Waals surface area contributed by atoms with Gasteiger partial charge in [-0.25, -0.2) is 0 Å². The molecule has 0 fully saturated rings. The second kappa shape index (κ2) is 8.53. The van der Waals surface area contributed by atoms with E-state index in [1.165, 1.54) is 11.1 Å². The molecule has 0 radical (unpaired) electrons. The van der Waals surface area contributed by atoms with Crippen LogP contribution in [0.2, 0.25) is 0 Å². The number of ether oxygens (including phenoxy) is 2.